The standard InChI is InChI=1S/C25H18ClN3O2S/c26-18-7-5-6-16(12-18)14-29-15-17(19-8-1-4-11-22(19)29)13-23(24(30)31)32-25-27-20-9-2-3-10-21(20)28-25/h1-13,15H,14H2,(H,27,28)(H,30,31)/b23-13-. The van der Waals surface area contributed by atoms with Crippen LogP contribution in [0.4, 0.5) is 0 Å². The summed E-state index contributed by atoms with van der Waals surface area (Å²) >= 11 is 7.26. The van der Waals surface area contributed by atoms with Crippen LogP contribution in [0.15, 0.2) is 89.1 Å². The van der Waals surface area contributed by atoms with Gasteiger partial charge in [0.1, 0.15) is 4.91 Å². The van der Waals surface area contributed by atoms with Gasteiger partial charge in [-0.15, -0.1) is 0 Å². The van der Waals surface area contributed by atoms with Gasteiger partial charge in [0.15, 0.2) is 5.16 Å². The smallest absolute Gasteiger partial charge is 0.342 e. The first kappa shape index (κ1) is 20.4. The third-order valence-corrected chi connectivity index (χ3v) is 6.27. The lowest BCUT2D eigenvalue weighted by atomic mass is 10.1. The Balaban J connectivity index is 1.53. The molecule has 0 fully saturated rings. The minimum Gasteiger partial charge on any atom is -0.477 e. The van der Waals surface area contributed by atoms with Gasteiger partial charge in [0.2, 0.25) is 0 Å². The molecule has 5 nitrogen and oxygen atoms in total. The molecule has 7 heteroatoms. The maximum Gasteiger partial charge on any atom is 0.342 e. The zero-order valence-corrected chi connectivity index (χ0v) is 18.4. The minimum absolute atomic E-state index is 0.190. The number of halogens is 1. The molecule has 0 unspecified atom stereocenters. The van der Waals surface area contributed by atoms with Crippen LogP contribution in [0.1, 0.15) is 11.1 Å². The molecule has 0 saturated carbocycles. The number of para-hydroxylation sites is 3. The molecule has 32 heavy (non-hydrogen) atoms. The maximum atomic E-state index is 12.0. The first-order chi connectivity index (χ1) is 15.6. The van der Waals surface area contributed by atoms with Crippen LogP contribution < -0.4 is 0 Å². The summed E-state index contributed by atoms with van der Waals surface area (Å²) in [6.07, 6.45) is 3.69. The molecular weight excluding hydrogens is 442 g/mol. The van der Waals surface area contributed by atoms with Gasteiger partial charge >= 0.3 is 5.97 Å². The summed E-state index contributed by atoms with van der Waals surface area (Å²) in [5, 5.41) is 12.1. The Bertz CT molecular complexity index is 1450. The van der Waals surface area contributed by atoms with Crippen molar-refractivity contribution in [1.82, 2.24) is 14.5 Å². The van der Waals surface area contributed by atoms with E-state index in [0.29, 0.717) is 16.7 Å². The van der Waals surface area contributed by atoms with Crippen molar-refractivity contribution in [3.63, 3.8) is 0 Å². The lowest BCUT2D eigenvalue weighted by molar-refractivity contribution is -0.131. The summed E-state index contributed by atoms with van der Waals surface area (Å²) in [6, 6.07) is 23.3. The third kappa shape index (κ3) is 4.15. The average molecular weight is 460 g/mol. The van der Waals surface area contributed by atoms with Gasteiger partial charge in [0.25, 0.3) is 0 Å². The van der Waals surface area contributed by atoms with Crippen LogP contribution in [0.25, 0.3) is 28.0 Å². The SMILES string of the molecule is O=C(O)/C(=C/c1cn(Cc2cccc(Cl)c2)c2ccccc12)Sc1nc2ccccc2[nH]1. The third-order valence-electron chi connectivity index (χ3n) is 5.13. The number of imidazole rings is 1. The molecule has 0 radical (unpaired) electrons. The van der Waals surface area contributed by atoms with E-state index in [1.54, 1.807) is 6.08 Å². The Hall–Kier alpha value is -3.48. The lowest BCUT2D eigenvalue weighted by Gasteiger charge is -2.05. The number of carbonyl (C=O) groups is 1. The second-order valence-electron chi connectivity index (χ2n) is 7.33. The van der Waals surface area contributed by atoms with Gasteiger partial charge in [0, 0.05) is 34.2 Å². The molecule has 2 N–H and O–H groups in total. The van der Waals surface area contributed by atoms with Crippen LogP contribution in [0.5, 0.6) is 0 Å². The highest BCUT2D eigenvalue weighted by Crippen LogP contribution is 2.31. The Morgan fingerprint density at radius 2 is 1.91 bits per heavy atom. The fourth-order valence-electron chi connectivity index (χ4n) is 3.71. The molecule has 0 amide bonds. The molecule has 0 aliphatic rings. The first-order valence-corrected chi connectivity index (χ1v) is 11.2. The van der Waals surface area contributed by atoms with Crippen LogP contribution >= 0.6 is 23.4 Å². The van der Waals surface area contributed by atoms with Crippen LogP contribution in [-0.4, -0.2) is 25.6 Å². The van der Waals surface area contributed by atoms with E-state index in [0.717, 1.165) is 44.8 Å². The minimum atomic E-state index is -0.998. The van der Waals surface area contributed by atoms with Gasteiger partial charge < -0.3 is 14.7 Å². The highest BCUT2D eigenvalue weighted by Gasteiger charge is 2.15. The predicted octanol–water partition coefficient (Wildman–Crippen LogP) is 6.44. The molecule has 3 aromatic carbocycles. The summed E-state index contributed by atoms with van der Waals surface area (Å²) in [7, 11) is 0. The number of aliphatic carboxylic acids is 1. The zero-order valence-electron chi connectivity index (χ0n) is 16.8. The van der Waals surface area contributed by atoms with Crippen LogP contribution in [0, 0.1) is 0 Å². The Morgan fingerprint density at radius 1 is 1.09 bits per heavy atom. The van der Waals surface area contributed by atoms with Crippen molar-refractivity contribution in [3.8, 4) is 0 Å². The maximum absolute atomic E-state index is 12.0. The monoisotopic (exact) mass is 459 g/mol. The fourth-order valence-corrected chi connectivity index (χ4v) is 4.71. The number of carboxylic acids is 1. The van der Waals surface area contributed by atoms with Gasteiger partial charge in [-0.3, -0.25) is 0 Å². The van der Waals surface area contributed by atoms with E-state index < -0.39 is 5.97 Å². The van der Waals surface area contributed by atoms with E-state index in [1.165, 1.54) is 0 Å². The van der Waals surface area contributed by atoms with E-state index in [4.69, 9.17) is 11.6 Å². The number of aromatic nitrogens is 3. The van der Waals surface area contributed by atoms with Crippen molar-refractivity contribution in [2.24, 2.45) is 0 Å². The topological polar surface area (TPSA) is 70.9 Å². The predicted molar refractivity (Wildman–Crippen MR) is 130 cm³/mol. The molecule has 0 spiro atoms. The van der Waals surface area contributed by atoms with Gasteiger partial charge in [-0.25, -0.2) is 9.78 Å². The molecule has 158 valence electrons. The number of rotatable bonds is 6. The largest absolute Gasteiger partial charge is 0.477 e. The molecule has 5 rings (SSSR count). The van der Waals surface area contributed by atoms with E-state index in [9.17, 15) is 9.90 Å². The summed E-state index contributed by atoms with van der Waals surface area (Å²) in [5.74, 6) is -0.998. The molecule has 0 aliphatic heterocycles. The molecule has 0 bridgehead atoms. The second-order valence-corrected chi connectivity index (χ2v) is 8.80. The van der Waals surface area contributed by atoms with Crippen LogP contribution in [0.3, 0.4) is 0 Å². The highest BCUT2D eigenvalue weighted by atomic mass is 35.5. The quantitative estimate of drug-likeness (QED) is 0.226. The van der Waals surface area contributed by atoms with Crippen molar-refractivity contribution in [3.05, 3.63) is 100 Å². The molecule has 0 aliphatic carbocycles. The second kappa shape index (κ2) is 8.57. The van der Waals surface area contributed by atoms with E-state index in [-0.39, 0.29) is 4.91 Å². The summed E-state index contributed by atoms with van der Waals surface area (Å²) in [6.45, 7) is 0.633. The molecular formula is C25H18ClN3O2S. The van der Waals surface area contributed by atoms with E-state index in [1.807, 2.05) is 79.0 Å². The first-order valence-electron chi connectivity index (χ1n) is 9.97. The number of nitrogens with one attached hydrogen (secondary N) is 1. The number of carboxylic acid groups (broad SMARTS) is 1. The van der Waals surface area contributed by atoms with Crippen LogP contribution in [0.2, 0.25) is 5.02 Å². The number of fused-ring (bicyclic) bond motifs is 2. The van der Waals surface area contributed by atoms with Gasteiger partial charge in [-0.05, 0) is 53.7 Å². The fraction of sp³-hybridized carbons (Fsp3) is 0.0400. The molecule has 2 heterocycles. The van der Waals surface area contributed by atoms with Gasteiger partial charge in [0.05, 0.1) is 11.0 Å². The Morgan fingerprint density at radius 3 is 2.72 bits per heavy atom. The molecule has 0 atom stereocenters. The lowest BCUT2D eigenvalue weighted by Crippen LogP contribution is -1.98. The summed E-state index contributed by atoms with van der Waals surface area (Å²) in [4.78, 5) is 19.9. The van der Waals surface area contributed by atoms with E-state index >= 15 is 0 Å². The number of thioether (sulfide) groups is 1. The van der Waals surface area contributed by atoms with Crippen molar-refractivity contribution in [2.45, 2.75) is 11.7 Å². The Labute approximate surface area is 193 Å². The molecule has 0 saturated heterocycles. The molecule has 5 aromatic rings. The van der Waals surface area contributed by atoms with Crippen molar-refractivity contribution in [1.29, 1.82) is 0 Å². The number of H-pyrrole nitrogens is 1. The van der Waals surface area contributed by atoms with Gasteiger partial charge in [-0.2, -0.15) is 0 Å². The normalized spacial score (nSPS) is 12.0. The molecule has 2 aromatic heterocycles. The number of aromatic amines is 1. The number of benzene rings is 3. The van der Waals surface area contributed by atoms with Crippen molar-refractivity contribution >= 4 is 57.3 Å². The zero-order chi connectivity index (χ0) is 22.1. The van der Waals surface area contributed by atoms with Crippen molar-refractivity contribution in [2.75, 3.05) is 0 Å². The van der Waals surface area contributed by atoms with Crippen molar-refractivity contribution < 1.29 is 9.90 Å². The summed E-state index contributed by atoms with van der Waals surface area (Å²) < 4.78 is 2.11. The summed E-state index contributed by atoms with van der Waals surface area (Å²) in [5.41, 5.74) is 4.61. The number of nitrogens with zero attached hydrogens (tertiary/aromatic N) is 2. The number of hydrogen-bond acceptors (Lipinski definition) is 3. The van der Waals surface area contributed by atoms with Crippen LogP contribution in [-0.2, 0) is 11.3 Å². The number of hydrogen-bond donors (Lipinski definition) is 2. The Kier molecular flexibility index (Phi) is 5.47. The average Bonchev–Trinajstić information content (AvgIpc) is 3.34. The highest BCUT2D eigenvalue weighted by molar-refractivity contribution is 8.04. The van der Waals surface area contributed by atoms with E-state index in [2.05, 4.69) is 14.5 Å². The van der Waals surface area contributed by atoms with Gasteiger partial charge in [-0.1, -0.05) is 54.1 Å².